The molecular weight excluding hydrogens is 276 g/mol. The molecule has 0 unspecified atom stereocenters. The largest absolute Gasteiger partial charge is 0.338 e. The van der Waals surface area contributed by atoms with Crippen molar-refractivity contribution in [3.05, 3.63) is 48.5 Å². The van der Waals surface area contributed by atoms with Crippen LogP contribution in [0.1, 0.15) is 12.8 Å². The molecule has 2 nitrogen and oxygen atoms in total. The molecule has 2 aliphatic rings. The highest BCUT2D eigenvalue weighted by atomic mass is 32.2. The van der Waals surface area contributed by atoms with Gasteiger partial charge in [-0.15, -0.1) is 0 Å². The van der Waals surface area contributed by atoms with Crippen molar-refractivity contribution >= 4 is 23.1 Å². The number of anilines is 2. The quantitative estimate of drug-likeness (QED) is 0.829. The number of rotatable bonds is 5. The molecular formula is C18H20N2S. The van der Waals surface area contributed by atoms with E-state index < -0.39 is 0 Å². The van der Waals surface area contributed by atoms with Crippen LogP contribution in [0.3, 0.4) is 0 Å². The zero-order chi connectivity index (χ0) is 14.1. The van der Waals surface area contributed by atoms with Gasteiger partial charge in [-0.3, -0.25) is 0 Å². The Morgan fingerprint density at radius 2 is 1.57 bits per heavy atom. The van der Waals surface area contributed by atoms with Gasteiger partial charge in [0.05, 0.1) is 11.4 Å². The van der Waals surface area contributed by atoms with E-state index >= 15 is 0 Å². The fourth-order valence-electron chi connectivity index (χ4n) is 2.84. The summed E-state index contributed by atoms with van der Waals surface area (Å²) in [7, 11) is 0. The van der Waals surface area contributed by atoms with Crippen LogP contribution in [0.15, 0.2) is 58.3 Å². The molecule has 1 fully saturated rings. The van der Waals surface area contributed by atoms with Gasteiger partial charge in [-0.25, -0.2) is 0 Å². The number of hydrogen-bond donors (Lipinski definition) is 1. The van der Waals surface area contributed by atoms with Gasteiger partial charge in [-0.05, 0) is 49.6 Å². The lowest BCUT2D eigenvalue weighted by atomic mass is 10.2. The minimum absolute atomic E-state index is 0.946. The van der Waals surface area contributed by atoms with E-state index in [0.29, 0.717) is 0 Å². The third-order valence-corrected chi connectivity index (χ3v) is 5.30. The first-order valence-electron chi connectivity index (χ1n) is 7.76. The van der Waals surface area contributed by atoms with Crippen molar-refractivity contribution in [2.45, 2.75) is 22.6 Å². The lowest BCUT2D eigenvalue weighted by Crippen LogP contribution is -2.31. The molecule has 21 heavy (non-hydrogen) atoms. The van der Waals surface area contributed by atoms with Crippen LogP contribution >= 0.6 is 11.8 Å². The van der Waals surface area contributed by atoms with E-state index in [1.165, 1.54) is 40.6 Å². The highest BCUT2D eigenvalue weighted by molar-refractivity contribution is 7.99. The molecule has 0 aromatic heterocycles. The number of nitrogens with zero attached hydrogens (tertiary/aromatic N) is 1. The predicted molar refractivity (Wildman–Crippen MR) is 89.6 cm³/mol. The van der Waals surface area contributed by atoms with Gasteiger partial charge in [0.2, 0.25) is 0 Å². The number of nitrogens with one attached hydrogen (secondary N) is 1. The van der Waals surface area contributed by atoms with Crippen LogP contribution < -0.4 is 10.2 Å². The number of para-hydroxylation sites is 2. The molecule has 1 N–H and O–H groups in total. The van der Waals surface area contributed by atoms with Crippen molar-refractivity contribution in [2.75, 3.05) is 24.5 Å². The second kappa shape index (κ2) is 5.74. The van der Waals surface area contributed by atoms with Crippen molar-refractivity contribution in [3.63, 3.8) is 0 Å². The Kier molecular flexibility index (Phi) is 3.62. The fraction of sp³-hybridized carbons (Fsp3) is 0.333. The summed E-state index contributed by atoms with van der Waals surface area (Å²) in [6.07, 6.45) is 2.83. The molecule has 108 valence electrons. The van der Waals surface area contributed by atoms with Crippen LogP contribution in [-0.4, -0.2) is 19.6 Å². The molecule has 1 heterocycles. The van der Waals surface area contributed by atoms with Crippen molar-refractivity contribution in [1.29, 1.82) is 0 Å². The van der Waals surface area contributed by atoms with Crippen molar-refractivity contribution in [3.8, 4) is 0 Å². The van der Waals surface area contributed by atoms with Crippen LogP contribution in [0.25, 0.3) is 0 Å². The van der Waals surface area contributed by atoms with E-state index in [-0.39, 0.29) is 0 Å². The summed E-state index contributed by atoms with van der Waals surface area (Å²) in [6, 6.07) is 17.4. The predicted octanol–water partition coefficient (Wildman–Crippen LogP) is 4.29. The Morgan fingerprint density at radius 1 is 0.952 bits per heavy atom. The minimum Gasteiger partial charge on any atom is -0.338 e. The molecule has 2 aromatic rings. The highest BCUT2D eigenvalue weighted by Crippen LogP contribution is 2.47. The standard InChI is InChI=1S/C18H20N2S/c1-3-7-17-15(5-1)20(12-11-19-13-14-9-10-14)16-6-2-4-8-18(16)21-17/h1-8,14,19H,9-13H2. The Labute approximate surface area is 130 Å². The maximum absolute atomic E-state index is 3.61. The van der Waals surface area contributed by atoms with Crippen molar-refractivity contribution < 1.29 is 0 Å². The summed E-state index contributed by atoms with van der Waals surface area (Å²) >= 11 is 1.88. The summed E-state index contributed by atoms with van der Waals surface area (Å²) in [5.74, 6) is 0.946. The SMILES string of the molecule is c1ccc2c(c1)Sc1ccccc1N2CCNCC1CC1. The first kappa shape index (κ1) is 13.2. The smallest absolute Gasteiger partial charge is 0.0553 e. The molecule has 0 saturated heterocycles. The molecule has 1 saturated carbocycles. The number of hydrogen-bond acceptors (Lipinski definition) is 3. The summed E-state index contributed by atoms with van der Waals surface area (Å²) in [6.45, 7) is 3.26. The fourth-order valence-corrected chi connectivity index (χ4v) is 3.94. The van der Waals surface area contributed by atoms with Gasteiger partial charge in [0.25, 0.3) is 0 Å². The first-order chi connectivity index (χ1) is 10.4. The summed E-state index contributed by atoms with van der Waals surface area (Å²) in [5, 5.41) is 3.61. The van der Waals surface area contributed by atoms with Gasteiger partial charge in [-0.1, -0.05) is 36.0 Å². The monoisotopic (exact) mass is 296 g/mol. The van der Waals surface area contributed by atoms with E-state index in [9.17, 15) is 0 Å². The summed E-state index contributed by atoms with van der Waals surface area (Å²) in [5.41, 5.74) is 2.68. The maximum atomic E-state index is 3.61. The third-order valence-electron chi connectivity index (χ3n) is 4.17. The van der Waals surface area contributed by atoms with Gasteiger partial charge < -0.3 is 10.2 Å². The molecule has 4 rings (SSSR count). The van der Waals surface area contributed by atoms with Crippen molar-refractivity contribution in [1.82, 2.24) is 5.32 Å². The average Bonchev–Trinajstić information content (AvgIpc) is 3.34. The van der Waals surface area contributed by atoms with Gasteiger partial charge in [-0.2, -0.15) is 0 Å². The van der Waals surface area contributed by atoms with E-state index in [2.05, 4.69) is 58.7 Å². The Morgan fingerprint density at radius 3 is 2.19 bits per heavy atom. The van der Waals surface area contributed by atoms with Gasteiger partial charge in [0.15, 0.2) is 0 Å². The Hall–Kier alpha value is -1.45. The Bertz CT molecular complexity index is 591. The van der Waals surface area contributed by atoms with Crippen LogP contribution in [0.2, 0.25) is 0 Å². The van der Waals surface area contributed by atoms with E-state index in [1.807, 2.05) is 11.8 Å². The second-order valence-electron chi connectivity index (χ2n) is 5.84. The van der Waals surface area contributed by atoms with Crippen molar-refractivity contribution in [2.24, 2.45) is 5.92 Å². The average molecular weight is 296 g/mol. The van der Waals surface area contributed by atoms with E-state index in [4.69, 9.17) is 0 Å². The van der Waals surface area contributed by atoms with Crippen LogP contribution in [0.5, 0.6) is 0 Å². The van der Waals surface area contributed by atoms with E-state index in [0.717, 1.165) is 19.0 Å². The topological polar surface area (TPSA) is 15.3 Å². The van der Waals surface area contributed by atoms with E-state index in [1.54, 1.807) is 0 Å². The molecule has 1 aliphatic heterocycles. The number of fused-ring (bicyclic) bond motifs is 2. The maximum Gasteiger partial charge on any atom is 0.0553 e. The molecule has 0 amide bonds. The summed E-state index contributed by atoms with van der Waals surface area (Å²) < 4.78 is 0. The van der Waals surface area contributed by atoms with Gasteiger partial charge >= 0.3 is 0 Å². The van der Waals surface area contributed by atoms with Gasteiger partial charge in [0.1, 0.15) is 0 Å². The lowest BCUT2D eigenvalue weighted by molar-refractivity contribution is 0.637. The number of benzene rings is 2. The normalized spacial score (nSPS) is 16.5. The molecule has 2 aromatic carbocycles. The summed E-state index contributed by atoms with van der Waals surface area (Å²) in [4.78, 5) is 5.18. The molecule has 0 spiro atoms. The third kappa shape index (κ3) is 2.81. The zero-order valence-electron chi connectivity index (χ0n) is 12.1. The second-order valence-corrected chi connectivity index (χ2v) is 6.92. The molecule has 3 heteroatoms. The lowest BCUT2D eigenvalue weighted by Gasteiger charge is -2.32. The highest BCUT2D eigenvalue weighted by Gasteiger charge is 2.23. The van der Waals surface area contributed by atoms with Gasteiger partial charge in [0, 0.05) is 22.9 Å². The zero-order valence-corrected chi connectivity index (χ0v) is 12.9. The molecule has 0 atom stereocenters. The molecule has 0 bridgehead atoms. The van der Waals surface area contributed by atoms with Crippen LogP contribution in [0.4, 0.5) is 11.4 Å². The molecule has 0 radical (unpaired) electrons. The minimum atomic E-state index is 0.946. The van der Waals surface area contributed by atoms with Crippen LogP contribution in [-0.2, 0) is 0 Å². The molecule has 1 aliphatic carbocycles. The van der Waals surface area contributed by atoms with Crippen LogP contribution in [0, 0.1) is 5.92 Å². The first-order valence-corrected chi connectivity index (χ1v) is 8.57. The Balaban J connectivity index is 1.55.